The van der Waals surface area contributed by atoms with Gasteiger partial charge in [0.25, 0.3) is 11.8 Å². The minimum absolute atomic E-state index is 0.0208. The van der Waals surface area contributed by atoms with Gasteiger partial charge in [-0.25, -0.2) is 0 Å². The van der Waals surface area contributed by atoms with Crippen LogP contribution in [-0.4, -0.2) is 30.5 Å². The molecule has 3 aromatic rings. The largest absolute Gasteiger partial charge is 0.490 e. The minimum atomic E-state index is -0.573. The second-order valence-electron chi connectivity index (χ2n) is 7.08. The number of methoxy groups -OCH3 is 1. The van der Waals surface area contributed by atoms with Crippen LogP contribution in [0.5, 0.6) is 11.5 Å². The number of amides is 2. The monoisotopic (exact) mass is 449 g/mol. The number of benzene rings is 3. The van der Waals surface area contributed by atoms with Crippen molar-refractivity contribution in [2.75, 3.05) is 19.0 Å². The van der Waals surface area contributed by atoms with E-state index in [1.54, 1.807) is 24.3 Å². The molecular formula is C24H23N3O6. The van der Waals surface area contributed by atoms with Gasteiger partial charge in [0.05, 0.1) is 29.3 Å². The van der Waals surface area contributed by atoms with Crippen molar-refractivity contribution in [2.45, 2.75) is 13.0 Å². The van der Waals surface area contributed by atoms with Gasteiger partial charge in [-0.1, -0.05) is 42.5 Å². The van der Waals surface area contributed by atoms with E-state index in [0.717, 1.165) is 5.56 Å². The lowest BCUT2D eigenvalue weighted by Gasteiger charge is -2.16. The lowest BCUT2D eigenvalue weighted by molar-refractivity contribution is -0.385. The molecule has 0 heterocycles. The summed E-state index contributed by atoms with van der Waals surface area (Å²) in [6.07, 6.45) is 0. The Morgan fingerprint density at radius 1 is 1.03 bits per heavy atom. The molecule has 3 aromatic carbocycles. The third kappa shape index (κ3) is 6.07. The molecule has 0 radical (unpaired) electrons. The Morgan fingerprint density at radius 3 is 2.42 bits per heavy atom. The first kappa shape index (κ1) is 23.3. The molecule has 0 saturated carbocycles. The van der Waals surface area contributed by atoms with Crippen LogP contribution >= 0.6 is 0 Å². The fraction of sp³-hybridized carbons (Fsp3) is 0.167. The highest BCUT2D eigenvalue weighted by molar-refractivity contribution is 6.04. The van der Waals surface area contributed by atoms with Crippen LogP contribution in [0.4, 0.5) is 11.4 Å². The number of nitro benzene ring substituents is 1. The number of rotatable bonds is 9. The lowest BCUT2D eigenvalue weighted by atomic mass is 10.1. The van der Waals surface area contributed by atoms with Crippen LogP contribution in [0.1, 0.15) is 28.9 Å². The zero-order valence-electron chi connectivity index (χ0n) is 18.1. The van der Waals surface area contributed by atoms with E-state index < -0.39 is 10.8 Å². The smallest absolute Gasteiger partial charge is 0.311 e. The maximum Gasteiger partial charge on any atom is 0.311 e. The molecule has 0 unspecified atom stereocenters. The van der Waals surface area contributed by atoms with Gasteiger partial charge >= 0.3 is 5.69 Å². The summed E-state index contributed by atoms with van der Waals surface area (Å²) >= 11 is 0. The number of para-hydroxylation sites is 1. The lowest BCUT2D eigenvalue weighted by Crippen LogP contribution is -2.28. The van der Waals surface area contributed by atoms with E-state index in [2.05, 4.69) is 10.6 Å². The number of nitrogens with one attached hydrogen (secondary N) is 2. The Morgan fingerprint density at radius 2 is 1.73 bits per heavy atom. The number of nitrogens with zero attached hydrogens (tertiary/aromatic N) is 1. The van der Waals surface area contributed by atoms with Gasteiger partial charge in [-0.2, -0.15) is 0 Å². The van der Waals surface area contributed by atoms with Gasteiger partial charge in [-0.15, -0.1) is 0 Å². The van der Waals surface area contributed by atoms with Crippen LogP contribution in [0.25, 0.3) is 0 Å². The van der Waals surface area contributed by atoms with Crippen molar-refractivity contribution >= 4 is 23.2 Å². The number of anilines is 1. The molecule has 3 rings (SSSR count). The molecule has 1 atom stereocenters. The van der Waals surface area contributed by atoms with Gasteiger partial charge in [0, 0.05) is 12.1 Å². The highest BCUT2D eigenvalue weighted by Gasteiger charge is 2.18. The molecule has 0 spiro atoms. The van der Waals surface area contributed by atoms with Crippen molar-refractivity contribution in [3.05, 3.63) is 94.0 Å². The average Bonchev–Trinajstić information content (AvgIpc) is 2.83. The van der Waals surface area contributed by atoms with Crippen LogP contribution in [0.15, 0.2) is 72.8 Å². The summed E-state index contributed by atoms with van der Waals surface area (Å²) in [5, 5.41) is 16.6. The SMILES string of the molecule is COc1cc(OCC(=O)Nc2ccccc2C(=O)N[C@H](C)c2ccccc2)ccc1[N+](=O)[O-]. The highest BCUT2D eigenvalue weighted by atomic mass is 16.6. The topological polar surface area (TPSA) is 120 Å². The molecule has 170 valence electrons. The van der Waals surface area contributed by atoms with Crippen molar-refractivity contribution in [1.29, 1.82) is 0 Å². The Balaban J connectivity index is 1.64. The van der Waals surface area contributed by atoms with Crippen molar-refractivity contribution in [1.82, 2.24) is 5.32 Å². The van der Waals surface area contributed by atoms with Crippen molar-refractivity contribution in [2.24, 2.45) is 0 Å². The third-order valence-electron chi connectivity index (χ3n) is 4.81. The van der Waals surface area contributed by atoms with E-state index in [4.69, 9.17) is 9.47 Å². The third-order valence-corrected chi connectivity index (χ3v) is 4.81. The second-order valence-corrected chi connectivity index (χ2v) is 7.08. The zero-order valence-corrected chi connectivity index (χ0v) is 18.1. The molecule has 0 saturated heterocycles. The zero-order chi connectivity index (χ0) is 23.8. The van der Waals surface area contributed by atoms with E-state index in [-0.39, 0.29) is 35.7 Å². The molecule has 0 aromatic heterocycles. The van der Waals surface area contributed by atoms with Crippen LogP contribution in [0, 0.1) is 10.1 Å². The van der Waals surface area contributed by atoms with Gasteiger partial charge < -0.3 is 20.1 Å². The summed E-state index contributed by atoms with van der Waals surface area (Å²) < 4.78 is 10.4. The van der Waals surface area contributed by atoms with Gasteiger partial charge in [0.15, 0.2) is 6.61 Å². The quantitative estimate of drug-likeness (QED) is 0.375. The minimum Gasteiger partial charge on any atom is -0.490 e. The molecule has 0 fully saturated rings. The van der Waals surface area contributed by atoms with Crippen LogP contribution < -0.4 is 20.1 Å². The molecule has 0 aliphatic rings. The number of ether oxygens (including phenoxy) is 2. The summed E-state index contributed by atoms with van der Waals surface area (Å²) in [6.45, 7) is 1.51. The van der Waals surface area contributed by atoms with Gasteiger partial charge in [-0.3, -0.25) is 19.7 Å². The average molecular weight is 449 g/mol. The van der Waals surface area contributed by atoms with E-state index in [1.807, 2.05) is 37.3 Å². The maximum atomic E-state index is 12.8. The van der Waals surface area contributed by atoms with Crippen molar-refractivity contribution in [3.63, 3.8) is 0 Å². The Labute approximate surface area is 190 Å². The molecule has 0 bridgehead atoms. The Kier molecular flexibility index (Phi) is 7.59. The van der Waals surface area contributed by atoms with Crippen LogP contribution in [0.2, 0.25) is 0 Å². The van der Waals surface area contributed by atoms with Gasteiger partial charge in [0.1, 0.15) is 5.75 Å². The first-order valence-corrected chi connectivity index (χ1v) is 10.1. The molecule has 2 N–H and O–H groups in total. The number of carbonyl (C=O) groups is 2. The van der Waals surface area contributed by atoms with Crippen LogP contribution in [-0.2, 0) is 4.79 Å². The van der Waals surface area contributed by atoms with E-state index in [1.165, 1.54) is 25.3 Å². The summed E-state index contributed by atoms with van der Waals surface area (Å²) in [5.41, 5.74) is 1.40. The number of hydrogen-bond donors (Lipinski definition) is 2. The van der Waals surface area contributed by atoms with Gasteiger partial charge in [0.2, 0.25) is 5.75 Å². The van der Waals surface area contributed by atoms with E-state index in [9.17, 15) is 19.7 Å². The first-order chi connectivity index (χ1) is 15.9. The molecule has 33 heavy (non-hydrogen) atoms. The standard InChI is InChI=1S/C24H23N3O6/c1-16(17-8-4-3-5-9-17)25-24(29)19-10-6-7-11-20(19)26-23(28)15-33-18-12-13-21(27(30)31)22(14-18)32-2/h3-14,16H,15H2,1-2H3,(H,25,29)(H,26,28)/t16-/m1/s1. The van der Waals surface area contributed by atoms with E-state index >= 15 is 0 Å². The predicted molar refractivity (Wildman–Crippen MR) is 123 cm³/mol. The summed E-state index contributed by atoms with van der Waals surface area (Å²) in [4.78, 5) is 35.6. The predicted octanol–water partition coefficient (Wildman–Crippen LogP) is 4.11. The van der Waals surface area contributed by atoms with Crippen molar-refractivity contribution < 1.29 is 24.0 Å². The normalized spacial score (nSPS) is 11.2. The summed E-state index contributed by atoms with van der Waals surface area (Å²) in [6, 6.07) is 19.9. The van der Waals surface area contributed by atoms with E-state index in [0.29, 0.717) is 11.3 Å². The molecule has 9 nitrogen and oxygen atoms in total. The summed E-state index contributed by atoms with van der Waals surface area (Å²) in [5.74, 6) is -0.574. The molecule has 0 aliphatic carbocycles. The number of nitro groups is 1. The van der Waals surface area contributed by atoms with Crippen molar-refractivity contribution in [3.8, 4) is 11.5 Å². The van der Waals surface area contributed by atoms with Crippen LogP contribution in [0.3, 0.4) is 0 Å². The highest BCUT2D eigenvalue weighted by Crippen LogP contribution is 2.30. The molecule has 9 heteroatoms. The summed E-state index contributed by atoms with van der Waals surface area (Å²) in [7, 11) is 1.31. The first-order valence-electron chi connectivity index (χ1n) is 10.1. The number of carbonyl (C=O) groups excluding carboxylic acids is 2. The molecule has 0 aliphatic heterocycles. The Hall–Kier alpha value is -4.40. The molecular weight excluding hydrogens is 426 g/mol. The number of hydrogen-bond acceptors (Lipinski definition) is 6. The second kappa shape index (κ2) is 10.8. The van der Waals surface area contributed by atoms with Gasteiger partial charge in [-0.05, 0) is 30.7 Å². The fourth-order valence-electron chi connectivity index (χ4n) is 3.12. The Bertz CT molecular complexity index is 1150. The maximum absolute atomic E-state index is 12.8. The fourth-order valence-corrected chi connectivity index (χ4v) is 3.12. The molecule has 2 amide bonds.